The zero-order chi connectivity index (χ0) is 19.5. The van der Waals surface area contributed by atoms with Crippen molar-refractivity contribution in [2.24, 2.45) is 0 Å². The molecule has 0 saturated heterocycles. The second kappa shape index (κ2) is 6.45. The summed E-state index contributed by atoms with van der Waals surface area (Å²) in [5, 5.41) is 7.50. The van der Waals surface area contributed by atoms with E-state index in [1.165, 1.54) is 6.20 Å². The first-order valence-electron chi connectivity index (χ1n) is 9.80. The summed E-state index contributed by atoms with van der Waals surface area (Å²) in [6.07, 6.45) is 6.61. The van der Waals surface area contributed by atoms with Crippen LogP contribution in [0.3, 0.4) is 0 Å². The first kappa shape index (κ1) is 17.9. The number of fused-ring (bicyclic) bond motifs is 3. The fourth-order valence-electron chi connectivity index (χ4n) is 4.68. The zero-order valence-electron chi connectivity index (χ0n) is 15.8. The molecule has 7 nitrogen and oxygen atoms in total. The molecule has 1 aromatic heterocycles. The minimum Gasteiger partial charge on any atom is -0.472 e. The molecule has 9 heteroatoms. The van der Waals surface area contributed by atoms with Crippen LogP contribution in [0.15, 0.2) is 11.1 Å². The SMILES string of the molecule is C[C@@H]1Cn2ncc(S(=N)(=O)NCNc3c4c(c(F)c5c3CCC5)CCC4)c2O1. The van der Waals surface area contributed by atoms with Crippen LogP contribution in [-0.4, -0.2) is 26.8 Å². The van der Waals surface area contributed by atoms with E-state index in [9.17, 15) is 8.60 Å². The van der Waals surface area contributed by atoms with Gasteiger partial charge >= 0.3 is 0 Å². The molecule has 0 saturated carbocycles. The molecule has 3 N–H and O–H groups in total. The Morgan fingerprint density at radius 2 is 1.89 bits per heavy atom. The van der Waals surface area contributed by atoms with Crippen molar-refractivity contribution in [1.29, 1.82) is 4.78 Å². The fourth-order valence-corrected chi connectivity index (χ4v) is 5.71. The number of halogens is 1. The van der Waals surface area contributed by atoms with Gasteiger partial charge in [-0.3, -0.25) is 0 Å². The molecule has 1 aromatic carbocycles. The van der Waals surface area contributed by atoms with Crippen LogP contribution in [0.4, 0.5) is 10.1 Å². The van der Waals surface area contributed by atoms with Gasteiger partial charge in [0, 0.05) is 5.69 Å². The van der Waals surface area contributed by atoms with Crippen LogP contribution in [0.5, 0.6) is 5.88 Å². The summed E-state index contributed by atoms with van der Waals surface area (Å²) in [4.78, 5) is 0.271. The highest BCUT2D eigenvalue weighted by Crippen LogP contribution is 2.40. The average molecular weight is 405 g/mol. The Balaban J connectivity index is 1.37. The minimum atomic E-state index is -3.27. The van der Waals surface area contributed by atoms with Gasteiger partial charge in [0.15, 0.2) is 0 Å². The largest absolute Gasteiger partial charge is 0.472 e. The predicted molar refractivity (Wildman–Crippen MR) is 104 cm³/mol. The smallest absolute Gasteiger partial charge is 0.231 e. The summed E-state index contributed by atoms with van der Waals surface area (Å²) >= 11 is 0. The van der Waals surface area contributed by atoms with E-state index in [0.29, 0.717) is 12.4 Å². The van der Waals surface area contributed by atoms with Gasteiger partial charge < -0.3 is 10.1 Å². The lowest BCUT2D eigenvalue weighted by atomic mass is 9.98. The number of nitrogens with zero attached hydrogens (tertiary/aromatic N) is 2. The first-order chi connectivity index (χ1) is 13.5. The Bertz CT molecular complexity index is 1030. The van der Waals surface area contributed by atoms with Crippen molar-refractivity contribution >= 4 is 15.6 Å². The Morgan fingerprint density at radius 1 is 1.25 bits per heavy atom. The highest BCUT2D eigenvalue weighted by atomic mass is 32.2. The molecule has 2 atom stereocenters. The van der Waals surface area contributed by atoms with E-state index in [1.807, 2.05) is 6.92 Å². The van der Waals surface area contributed by atoms with Gasteiger partial charge in [0.2, 0.25) is 5.88 Å². The molecule has 0 amide bonds. The minimum absolute atomic E-state index is 0.00971. The van der Waals surface area contributed by atoms with Crippen LogP contribution in [0.1, 0.15) is 42.0 Å². The fraction of sp³-hybridized carbons (Fsp3) is 0.526. The second-order valence-corrected chi connectivity index (χ2v) is 9.63. The van der Waals surface area contributed by atoms with E-state index < -0.39 is 9.92 Å². The molecule has 0 bridgehead atoms. The van der Waals surface area contributed by atoms with Crippen molar-refractivity contribution in [2.45, 2.75) is 63.0 Å². The summed E-state index contributed by atoms with van der Waals surface area (Å²) in [6.45, 7) is 2.67. The maximum Gasteiger partial charge on any atom is 0.231 e. The second-order valence-electron chi connectivity index (χ2n) is 7.79. The number of anilines is 1. The highest BCUT2D eigenvalue weighted by molar-refractivity contribution is 7.90. The highest BCUT2D eigenvalue weighted by Gasteiger charge is 2.30. The van der Waals surface area contributed by atoms with Crippen molar-refractivity contribution in [3.8, 4) is 5.88 Å². The molecule has 0 spiro atoms. The molecule has 28 heavy (non-hydrogen) atoms. The molecule has 2 aliphatic carbocycles. The molecule has 150 valence electrons. The Morgan fingerprint density at radius 3 is 2.57 bits per heavy atom. The third-order valence-corrected chi connectivity index (χ3v) is 7.37. The number of rotatable bonds is 5. The standard InChI is InChI=1S/C19H24FN5O2S/c1-11-9-25-19(27-11)16(8-23-25)28(21,26)24-10-22-18-14-6-2-4-12(14)17(20)13-5-3-7-15(13)18/h8,11,22H,2-7,9-10H2,1H3,(H2,21,24,26)/t11-,28?/m1/s1. The van der Waals surface area contributed by atoms with Crippen molar-refractivity contribution in [3.63, 3.8) is 0 Å². The third kappa shape index (κ3) is 2.71. The van der Waals surface area contributed by atoms with E-state index >= 15 is 0 Å². The number of hydrogen-bond acceptors (Lipinski definition) is 5. The van der Waals surface area contributed by atoms with Crippen LogP contribution in [0.25, 0.3) is 0 Å². The van der Waals surface area contributed by atoms with Gasteiger partial charge in [0.05, 0.1) is 19.4 Å². The number of benzene rings is 1. The van der Waals surface area contributed by atoms with Gasteiger partial charge in [-0.2, -0.15) is 5.10 Å². The molecule has 2 aromatic rings. The predicted octanol–water partition coefficient (Wildman–Crippen LogP) is 2.76. The zero-order valence-corrected chi connectivity index (χ0v) is 16.6. The summed E-state index contributed by atoms with van der Waals surface area (Å²) in [6, 6.07) is 0. The Labute approximate surface area is 163 Å². The summed E-state index contributed by atoms with van der Waals surface area (Å²) in [5.41, 5.74) is 4.77. The molecule has 5 rings (SSSR count). The van der Waals surface area contributed by atoms with Crippen molar-refractivity contribution in [2.75, 3.05) is 12.0 Å². The van der Waals surface area contributed by atoms with E-state index in [1.54, 1.807) is 4.68 Å². The van der Waals surface area contributed by atoms with Crippen molar-refractivity contribution in [1.82, 2.24) is 14.5 Å². The summed E-state index contributed by atoms with van der Waals surface area (Å²) in [5.74, 6) is 0.396. The number of hydrogen-bond donors (Lipinski definition) is 3. The average Bonchev–Trinajstić information content (AvgIpc) is 3.39. The number of nitrogens with one attached hydrogen (secondary N) is 3. The van der Waals surface area contributed by atoms with Gasteiger partial charge in [-0.1, -0.05) is 0 Å². The van der Waals surface area contributed by atoms with Crippen LogP contribution in [0, 0.1) is 10.6 Å². The van der Waals surface area contributed by atoms with Crippen LogP contribution in [-0.2, 0) is 42.1 Å². The third-order valence-electron chi connectivity index (χ3n) is 5.92. The van der Waals surface area contributed by atoms with Crippen molar-refractivity contribution in [3.05, 3.63) is 34.3 Å². The van der Waals surface area contributed by atoms with E-state index in [2.05, 4.69) is 15.1 Å². The first-order valence-corrected chi connectivity index (χ1v) is 11.4. The lowest BCUT2D eigenvalue weighted by Crippen LogP contribution is -2.29. The van der Waals surface area contributed by atoms with Gasteiger partial charge in [-0.05, 0) is 67.7 Å². The summed E-state index contributed by atoms with van der Waals surface area (Å²) in [7, 11) is -3.27. The Kier molecular flexibility index (Phi) is 4.13. The topological polar surface area (TPSA) is 92.0 Å². The molecule has 3 aliphatic rings. The number of aromatic nitrogens is 2. The van der Waals surface area contributed by atoms with E-state index in [4.69, 9.17) is 9.52 Å². The maximum atomic E-state index is 14.8. The monoisotopic (exact) mass is 405 g/mol. The molecule has 0 radical (unpaired) electrons. The molecule has 2 heterocycles. The van der Waals surface area contributed by atoms with Gasteiger partial charge in [-0.25, -0.2) is 22.8 Å². The van der Waals surface area contributed by atoms with Gasteiger partial charge in [0.25, 0.3) is 0 Å². The molecule has 1 aliphatic heterocycles. The van der Waals surface area contributed by atoms with Crippen LogP contribution < -0.4 is 14.8 Å². The summed E-state index contributed by atoms with van der Waals surface area (Å²) < 4.78 is 46.1. The van der Waals surface area contributed by atoms with Crippen molar-refractivity contribution < 1.29 is 13.3 Å². The van der Waals surface area contributed by atoms with E-state index in [-0.39, 0.29) is 23.5 Å². The van der Waals surface area contributed by atoms with Gasteiger partial charge in [-0.15, -0.1) is 0 Å². The lowest BCUT2D eigenvalue weighted by molar-refractivity contribution is 0.248. The molecular weight excluding hydrogens is 381 g/mol. The number of ether oxygens (including phenoxy) is 1. The molecule has 1 unspecified atom stereocenters. The Hall–Kier alpha value is -2.13. The van der Waals surface area contributed by atoms with Crippen LogP contribution >= 0.6 is 0 Å². The molecular formula is C19H24FN5O2S. The van der Waals surface area contributed by atoms with Gasteiger partial charge in [0.1, 0.15) is 26.7 Å². The van der Waals surface area contributed by atoms with E-state index in [0.717, 1.165) is 66.5 Å². The normalized spacial score (nSPS) is 21.7. The lowest BCUT2D eigenvalue weighted by Gasteiger charge is -2.19. The van der Waals surface area contributed by atoms with Crippen LogP contribution in [0.2, 0.25) is 0 Å². The quantitative estimate of drug-likeness (QED) is 0.667. The molecule has 0 fully saturated rings. The maximum absolute atomic E-state index is 14.8.